The smallest absolute Gasteiger partial charge is 0.0830 e. The molecule has 2 rings (SSSR count). The summed E-state index contributed by atoms with van der Waals surface area (Å²) in [5, 5.41) is 10.2. The third kappa shape index (κ3) is 3.54. The molecule has 88 valence electrons. The van der Waals surface area contributed by atoms with Crippen LogP contribution in [0.2, 0.25) is 0 Å². The molecule has 0 aliphatic heterocycles. The molecule has 17 heavy (non-hydrogen) atoms. The van der Waals surface area contributed by atoms with Crippen molar-refractivity contribution in [3.05, 3.63) is 68.8 Å². The Bertz CT molecular complexity index is 508. The van der Waals surface area contributed by atoms with Crippen LogP contribution in [0.3, 0.4) is 0 Å². The first-order valence-electron chi connectivity index (χ1n) is 5.64. The van der Waals surface area contributed by atoms with Gasteiger partial charge in [-0.2, -0.15) is 0 Å². The molecule has 2 heteroatoms. The van der Waals surface area contributed by atoms with Crippen LogP contribution in [0.5, 0.6) is 0 Å². The highest BCUT2D eigenvalue weighted by Crippen LogP contribution is 2.20. The van der Waals surface area contributed by atoms with Gasteiger partial charge in [-0.05, 0) is 52.8 Å². The van der Waals surface area contributed by atoms with Crippen LogP contribution in [-0.4, -0.2) is 5.11 Å². The highest BCUT2D eigenvalue weighted by Gasteiger charge is 2.08. The molecule has 1 N–H and O–H groups in total. The van der Waals surface area contributed by atoms with E-state index in [1.807, 2.05) is 30.3 Å². The zero-order chi connectivity index (χ0) is 12.3. The first-order valence-corrected chi connectivity index (χ1v) is 6.72. The maximum atomic E-state index is 10.2. The fraction of sp³-hybridized carbons (Fsp3) is 0.200. The van der Waals surface area contributed by atoms with Gasteiger partial charge >= 0.3 is 0 Å². The minimum atomic E-state index is -0.425. The van der Waals surface area contributed by atoms with Gasteiger partial charge in [0, 0.05) is 9.99 Å². The molecule has 2 aromatic rings. The maximum absolute atomic E-state index is 10.2. The number of hydrogen-bond donors (Lipinski definition) is 1. The molecule has 0 heterocycles. The quantitative estimate of drug-likeness (QED) is 0.843. The van der Waals surface area contributed by atoms with Gasteiger partial charge in [0.15, 0.2) is 0 Å². The van der Waals surface area contributed by atoms with E-state index in [2.05, 4.69) is 47.7 Å². The lowest BCUT2D eigenvalue weighted by Gasteiger charge is -2.11. The molecule has 0 aliphatic rings. The van der Waals surface area contributed by atoms with Gasteiger partial charge in [-0.25, -0.2) is 0 Å². The van der Waals surface area contributed by atoms with E-state index in [1.54, 1.807) is 0 Å². The number of benzene rings is 2. The van der Waals surface area contributed by atoms with Crippen molar-refractivity contribution in [1.29, 1.82) is 0 Å². The molecule has 2 aromatic carbocycles. The van der Waals surface area contributed by atoms with Crippen LogP contribution < -0.4 is 0 Å². The molecule has 0 radical (unpaired) electrons. The second-order valence-electron chi connectivity index (χ2n) is 4.26. The summed E-state index contributed by atoms with van der Waals surface area (Å²) in [7, 11) is 0. The Morgan fingerprint density at radius 1 is 1.12 bits per heavy atom. The average Bonchev–Trinajstić information content (AvgIpc) is 2.29. The van der Waals surface area contributed by atoms with Crippen LogP contribution >= 0.6 is 22.6 Å². The Morgan fingerprint density at radius 2 is 1.88 bits per heavy atom. The van der Waals surface area contributed by atoms with Gasteiger partial charge in [-0.15, -0.1) is 0 Å². The van der Waals surface area contributed by atoms with E-state index >= 15 is 0 Å². The molecule has 0 saturated heterocycles. The Kier molecular flexibility index (Phi) is 4.18. The number of aliphatic hydroxyl groups excluding tert-OH is 1. The van der Waals surface area contributed by atoms with Crippen LogP contribution in [0.1, 0.15) is 22.8 Å². The van der Waals surface area contributed by atoms with E-state index in [0.717, 1.165) is 9.13 Å². The van der Waals surface area contributed by atoms with Crippen molar-refractivity contribution in [1.82, 2.24) is 0 Å². The van der Waals surface area contributed by atoms with E-state index < -0.39 is 6.10 Å². The third-order valence-electron chi connectivity index (χ3n) is 2.74. The molecule has 0 amide bonds. The third-order valence-corrected chi connectivity index (χ3v) is 3.42. The van der Waals surface area contributed by atoms with E-state index in [9.17, 15) is 5.11 Å². The Morgan fingerprint density at radius 3 is 2.59 bits per heavy atom. The zero-order valence-electron chi connectivity index (χ0n) is 9.73. The molecular formula is C15H15IO. The molecule has 0 saturated carbocycles. The largest absolute Gasteiger partial charge is 0.388 e. The van der Waals surface area contributed by atoms with Crippen molar-refractivity contribution in [2.45, 2.75) is 19.4 Å². The van der Waals surface area contributed by atoms with Gasteiger partial charge in [0.05, 0.1) is 6.10 Å². The van der Waals surface area contributed by atoms with Crippen LogP contribution in [0.4, 0.5) is 0 Å². The minimum absolute atomic E-state index is 0.425. The van der Waals surface area contributed by atoms with Crippen LogP contribution in [0.25, 0.3) is 0 Å². The molecule has 1 unspecified atom stereocenters. The minimum Gasteiger partial charge on any atom is -0.388 e. The van der Waals surface area contributed by atoms with Gasteiger partial charge in [-0.3, -0.25) is 0 Å². The Hall–Kier alpha value is -0.870. The first kappa shape index (κ1) is 12.6. The van der Waals surface area contributed by atoms with E-state index in [1.165, 1.54) is 11.1 Å². The topological polar surface area (TPSA) is 20.2 Å². The fourth-order valence-corrected chi connectivity index (χ4v) is 2.46. The number of aliphatic hydroxyl groups is 1. The number of aryl methyl sites for hydroxylation is 1. The highest BCUT2D eigenvalue weighted by atomic mass is 127. The summed E-state index contributed by atoms with van der Waals surface area (Å²) >= 11 is 2.26. The normalized spacial score (nSPS) is 12.4. The summed E-state index contributed by atoms with van der Waals surface area (Å²) in [5.74, 6) is 0. The first-order chi connectivity index (χ1) is 8.15. The number of rotatable bonds is 3. The van der Waals surface area contributed by atoms with Gasteiger partial charge in [0.2, 0.25) is 0 Å². The number of hydrogen-bond acceptors (Lipinski definition) is 1. The predicted octanol–water partition coefficient (Wildman–Crippen LogP) is 3.88. The van der Waals surface area contributed by atoms with Crippen molar-refractivity contribution in [2.24, 2.45) is 0 Å². The van der Waals surface area contributed by atoms with E-state index in [0.29, 0.717) is 6.42 Å². The molecule has 0 fully saturated rings. The zero-order valence-corrected chi connectivity index (χ0v) is 11.9. The maximum Gasteiger partial charge on any atom is 0.0830 e. The molecular weight excluding hydrogens is 323 g/mol. The molecule has 0 spiro atoms. The van der Waals surface area contributed by atoms with E-state index in [4.69, 9.17) is 0 Å². The molecule has 0 bridgehead atoms. The molecule has 1 nitrogen and oxygen atoms in total. The molecule has 0 aromatic heterocycles. The second kappa shape index (κ2) is 5.65. The van der Waals surface area contributed by atoms with Crippen molar-refractivity contribution >= 4 is 22.6 Å². The lowest BCUT2D eigenvalue weighted by molar-refractivity contribution is 0.178. The predicted molar refractivity (Wildman–Crippen MR) is 79.0 cm³/mol. The van der Waals surface area contributed by atoms with Crippen LogP contribution in [-0.2, 0) is 6.42 Å². The summed E-state index contributed by atoms with van der Waals surface area (Å²) in [6, 6.07) is 16.3. The monoisotopic (exact) mass is 338 g/mol. The molecule has 1 atom stereocenters. The summed E-state index contributed by atoms with van der Waals surface area (Å²) in [4.78, 5) is 0. The molecule has 0 aliphatic carbocycles. The van der Waals surface area contributed by atoms with Crippen molar-refractivity contribution in [3.63, 3.8) is 0 Å². The highest BCUT2D eigenvalue weighted by molar-refractivity contribution is 14.1. The average molecular weight is 338 g/mol. The standard InChI is InChI=1S/C15H15IO/c1-11-4-2-5-12(8-11)9-15(17)13-6-3-7-14(16)10-13/h2-8,10,15,17H,9H2,1H3. The summed E-state index contributed by atoms with van der Waals surface area (Å²) in [5.41, 5.74) is 3.40. The van der Waals surface area contributed by atoms with E-state index in [-0.39, 0.29) is 0 Å². The van der Waals surface area contributed by atoms with Gasteiger partial charge in [0.25, 0.3) is 0 Å². The fourth-order valence-electron chi connectivity index (χ4n) is 1.89. The van der Waals surface area contributed by atoms with Crippen LogP contribution in [0.15, 0.2) is 48.5 Å². The van der Waals surface area contributed by atoms with Gasteiger partial charge < -0.3 is 5.11 Å². The SMILES string of the molecule is Cc1cccc(CC(O)c2cccc(I)c2)c1. The van der Waals surface area contributed by atoms with Gasteiger partial charge in [-0.1, -0.05) is 42.0 Å². The second-order valence-corrected chi connectivity index (χ2v) is 5.51. The number of halogens is 1. The van der Waals surface area contributed by atoms with Crippen molar-refractivity contribution in [3.8, 4) is 0 Å². The lowest BCUT2D eigenvalue weighted by atomic mass is 10.0. The van der Waals surface area contributed by atoms with Gasteiger partial charge in [0.1, 0.15) is 0 Å². The summed E-state index contributed by atoms with van der Waals surface area (Å²) in [6.45, 7) is 2.07. The van der Waals surface area contributed by atoms with Crippen LogP contribution in [0, 0.1) is 10.5 Å². The van der Waals surface area contributed by atoms with Crippen molar-refractivity contribution in [2.75, 3.05) is 0 Å². The Balaban J connectivity index is 2.14. The lowest BCUT2D eigenvalue weighted by Crippen LogP contribution is -2.02. The van der Waals surface area contributed by atoms with Crippen molar-refractivity contribution < 1.29 is 5.11 Å². The Labute approximate surface area is 116 Å². The summed E-state index contributed by atoms with van der Waals surface area (Å²) in [6.07, 6.45) is 0.244. The summed E-state index contributed by atoms with van der Waals surface area (Å²) < 4.78 is 1.16.